The van der Waals surface area contributed by atoms with Gasteiger partial charge in [0.15, 0.2) is 0 Å². The van der Waals surface area contributed by atoms with E-state index in [9.17, 15) is 9.90 Å². The molecule has 1 aliphatic heterocycles. The molecule has 208 valence electrons. The number of nitrogens with zero attached hydrogens (tertiary/aromatic N) is 2. The summed E-state index contributed by atoms with van der Waals surface area (Å²) in [6.07, 6.45) is 0.930. The van der Waals surface area contributed by atoms with Crippen LogP contribution in [0.5, 0.6) is 5.75 Å². The number of aryl methyl sites for hydroxylation is 1. The Kier molecular flexibility index (Phi) is 8.33. The lowest BCUT2D eigenvalue weighted by Crippen LogP contribution is -2.27. The van der Waals surface area contributed by atoms with E-state index in [0.717, 1.165) is 41.8 Å². The first kappa shape index (κ1) is 27.6. The molecule has 0 unspecified atom stereocenters. The standard InChI is InChI=1S/C33H37N3O4/c1-21(2)27-18-28(29(16-22(27)3)39-20-23-8-6-5-7-9-23)31-30(32(40-35-31)33(38)34-13-15-37)25-10-11-26-19-36(4)14-12-24(26)17-25/h5-11,16-18,21,37H,12-15,19-20H2,1-4H3,(H,34,38). The molecule has 0 radical (unpaired) electrons. The number of nitrogens with one attached hydrogen (secondary N) is 1. The number of fused-ring (bicyclic) bond motifs is 1. The summed E-state index contributed by atoms with van der Waals surface area (Å²) in [7, 11) is 2.12. The summed E-state index contributed by atoms with van der Waals surface area (Å²) in [6, 6.07) is 20.5. The summed E-state index contributed by atoms with van der Waals surface area (Å²) < 4.78 is 12.2. The van der Waals surface area contributed by atoms with E-state index in [0.29, 0.717) is 23.6 Å². The Bertz CT molecular complexity index is 1490. The molecule has 7 nitrogen and oxygen atoms in total. The molecule has 0 saturated heterocycles. The number of amides is 1. The minimum absolute atomic E-state index is 0.122. The van der Waals surface area contributed by atoms with Crippen LogP contribution >= 0.6 is 0 Å². The molecule has 40 heavy (non-hydrogen) atoms. The van der Waals surface area contributed by atoms with Gasteiger partial charge in [-0.2, -0.15) is 0 Å². The number of likely N-dealkylation sites (N-methyl/N-ethyl adjacent to an activating group) is 1. The number of benzene rings is 3. The molecule has 0 fully saturated rings. The summed E-state index contributed by atoms with van der Waals surface area (Å²) in [5.74, 6) is 0.674. The monoisotopic (exact) mass is 539 g/mol. The average molecular weight is 540 g/mol. The van der Waals surface area contributed by atoms with Crippen LogP contribution in [0.3, 0.4) is 0 Å². The maximum absolute atomic E-state index is 13.2. The van der Waals surface area contributed by atoms with Gasteiger partial charge in [0, 0.05) is 25.2 Å². The summed E-state index contributed by atoms with van der Waals surface area (Å²) in [5.41, 5.74) is 8.75. The van der Waals surface area contributed by atoms with Gasteiger partial charge in [-0.15, -0.1) is 0 Å². The second-order valence-electron chi connectivity index (χ2n) is 10.8. The Morgan fingerprint density at radius 3 is 2.67 bits per heavy atom. The molecule has 0 spiro atoms. The Balaban J connectivity index is 1.66. The van der Waals surface area contributed by atoms with Crippen LogP contribution < -0.4 is 10.1 Å². The van der Waals surface area contributed by atoms with E-state index in [-0.39, 0.29) is 24.8 Å². The molecule has 0 atom stereocenters. The predicted molar refractivity (Wildman–Crippen MR) is 156 cm³/mol. The first-order valence-corrected chi connectivity index (χ1v) is 13.9. The topological polar surface area (TPSA) is 87.8 Å². The van der Waals surface area contributed by atoms with Crippen LogP contribution in [0, 0.1) is 6.92 Å². The van der Waals surface area contributed by atoms with E-state index in [1.54, 1.807) is 0 Å². The van der Waals surface area contributed by atoms with Gasteiger partial charge >= 0.3 is 0 Å². The highest BCUT2D eigenvalue weighted by atomic mass is 16.5. The molecular formula is C33H37N3O4. The van der Waals surface area contributed by atoms with Gasteiger partial charge in [0.2, 0.25) is 5.76 Å². The summed E-state index contributed by atoms with van der Waals surface area (Å²) in [6.45, 7) is 8.64. The second-order valence-corrected chi connectivity index (χ2v) is 10.8. The molecule has 2 heterocycles. The van der Waals surface area contributed by atoms with E-state index >= 15 is 0 Å². The average Bonchev–Trinajstić information content (AvgIpc) is 3.40. The van der Waals surface area contributed by atoms with Crippen molar-refractivity contribution in [2.24, 2.45) is 0 Å². The molecule has 2 N–H and O–H groups in total. The minimum atomic E-state index is -0.414. The van der Waals surface area contributed by atoms with Crippen LogP contribution in [0.25, 0.3) is 22.4 Å². The van der Waals surface area contributed by atoms with Crippen LogP contribution in [0.1, 0.15) is 58.1 Å². The van der Waals surface area contributed by atoms with Crippen molar-refractivity contribution in [2.75, 3.05) is 26.7 Å². The van der Waals surface area contributed by atoms with Crippen molar-refractivity contribution in [3.8, 4) is 28.1 Å². The van der Waals surface area contributed by atoms with Gasteiger partial charge in [0.1, 0.15) is 18.1 Å². The lowest BCUT2D eigenvalue weighted by molar-refractivity contribution is 0.0909. The van der Waals surface area contributed by atoms with E-state index in [2.05, 4.69) is 67.5 Å². The van der Waals surface area contributed by atoms with Crippen LogP contribution in [-0.2, 0) is 19.6 Å². The van der Waals surface area contributed by atoms with Gasteiger partial charge in [-0.3, -0.25) is 4.79 Å². The maximum Gasteiger partial charge on any atom is 0.290 e. The van der Waals surface area contributed by atoms with Gasteiger partial charge in [-0.25, -0.2) is 0 Å². The molecule has 0 bridgehead atoms. The Hall–Kier alpha value is -3.94. The third kappa shape index (κ3) is 5.81. The third-order valence-corrected chi connectivity index (χ3v) is 7.48. The fourth-order valence-corrected chi connectivity index (χ4v) is 5.36. The van der Waals surface area contributed by atoms with E-state index in [4.69, 9.17) is 9.26 Å². The SMILES string of the molecule is Cc1cc(OCc2ccccc2)c(-c2noc(C(=O)NCCO)c2-c2ccc3c(c2)CCN(C)C3)cc1C(C)C. The highest BCUT2D eigenvalue weighted by molar-refractivity contribution is 6.02. The first-order valence-electron chi connectivity index (χ1n) is 13.9. The molecule has 5 rings (SSSR count). The normalized spacial score (nSPS) is 13.3. The smallest absolute Gasteiger partial charge is 0.290 e. The van der Waals surface area contributed by atoms with Crippen LogP contribution in [-0.4, -0.2) is 47.8 Å². The molecule has 1 amide bonds. The number of aliphatic hydroxyl groups excluding tert-OH is 1. The number of carbonyl (C=O) groups excluding carboxylic acids is 1. The van der Waals surface area contributed by atoms with Gasteiger partial charge in [-0.05, 0) is 71.8 Å². The molecular weight excluding hydrogens is 502 g/mol. The molecule has 1 aromatic heterocycles. The van der Waals surface area contributed by atoms with Crippen molar-refractivity contribution in [3.05, 3.63) is 94.2 Å². The molecule has 1 aliphatic rings. The summed E-state index contributed by atoms with van der Waals surface area (Å²) >= 11 is 0. The highest BCUT2D eigenvalue weighted by Crippen LogP contribution is 2.42. The zero-order valence-corrected chi connectivity index (χ0v) is 23.7. The third-order valence-electron chi connectivity index (χ3n) is 7.48. The fourth-order valence-electron chi connectivity index (χ4n) is 5.36. The number of aromatic nitrogens is 1. The van der Waals surface area contributed by atoms with Crippen LogP contribution in [0.2, 0.25) is 0 Å². The lowest BCUT2D eigenvalue weighted by atomic mass is 9.90. The zero-order valence-electron chi connectivity index (χ0n) is 23.7. The Morgan fingerprint density at radius 2 is 1.93 bits per heavy atom. The van der Waals surface area contributed by atoms with Crippen molar-refractivity contribution in [2.45, 2.75) is 46.3 Å². The van der Waals surface area contributed by atoms with Gasteiger partial charge < -0.3 is 24.6 Å². The Labute approximate surface area is 235 Å². The number of ether oxygens (including phenoxy) is 1. The Morgan fingerprint density at radius 1 is 1.12 bits per heavy atom. The van der Waals surface area contributed by atoms with Crippen LogP contribution in [0.4, 0.5) is 0 Å². The predicted octanol–water partition coefficient (Wildman–Crippen LogP) is 5.73. The molecule has 3 aromatic carbocycles. The quantitative estimate of drug-likeness (QED) is 0.283. The number of rotatable bonds is 9. The fraction of sp³-hybridized carbons (Fsp3) is 0.333. The van der Waals surface area contributed by atoms with Gasteiger partial charge in [0.05, 0.1) is 12.2 Å². The van der Waals surface area contributed by atoms with Crippen molar-refractivity contribution >= 4 is 5.91 Å². The highest BCUT2D eigenvalue weighted by Gasteiger charge is 2.28. The number of aliphatic hydroxyl groups is 1. The lowest BCUT2D eigenvalue weighted by Gasteiger charge is -2.25. The molecule has 0 saturated carbocycles. The number of carbonyl (C=O) groups is 1. The minimum Gasteiger partial charge on any atom is -0.488 e. The first-order chi connectivity index (χ1) is 19.4. The number of hydrogen-bond acceptors (Lipinski definition) is 6. The maximum atomic E-state index is 13.2. The summed E-state index contributed by atoms with van der Waals surface area (Å²) in [4.78, 5) is 15.5. The second kappa shape index (κ2) is 12.1. The van der Waals surface area contributed by atoms with Crippen molar-refractivity contribution in [3.63, 3.8) is 0 Å². The number of hydrogen-bond donors (Lipinski definition) is 2. The molecule has 0 aliphatic carbocycles. The van der Waals surface area contributed by atoms with Crippen molar-refractivity contribution in [1.29, 1.82) is 0 Å². The van der Waals surface area contributed by atoms with Crippen molar-refractivity contribution in [1.82, 2.24) is 15.4 Å². The molecule has 7 heteroatoms. The largest absolute Gasteiger partial charge is 0.488 e. The van der Waals surface area contributed by atoms with Crippen LogP contribution in [0.15, 0.2) is 65.2 Å². The van der Waals surface area contributed by atoms with E-state index < -0.39 is 5.91 Å². The summed E-state index contributed by atoms with van der Waals surface area (Å²) in [5, 5.41) is 16.5. The van der Waals surface area contributed by atoms with E-state index in [1.165, 1.54) is 16.7 Å². The van der Waals surface area contributed by atoms with Gasteiger partial charge in [0.25, 0.3) is 5.91 Å². The van der Waals surface area contributed by atoms with Crippen molar-refractivity contribution < 1.29 is 19.2 Å². The van der Waals surface area contributed by atoms with E-state index in [1.807, 2.05) is 36.4 Å². The molecule has 4 aromatic rings. The van der Waals surface area contributed by atoms with Gasteiger partial charge in [-0.1, -0.05) is 67.5 Å². The zero-order chi connectivity index (χ0) is 28.2.